The molecule has 2 aromatic carbocycles. The zero-order chi connectivity index (χ0) is 29.8. The lowest BCUT2D eigenvalue weighted by Crippen LogP contribution is -2.43. The molecule has 12 heteroatoms. The number of allylic oxidation sites excluding steroid dienone is 2. The number of benzene rings is 2. The molecule has 2 aromatic rings. The first kappa shape index (κ1) is 31.2. The Morgan fingerprint density at radius 3 is 1.73 bits per heavy atom. The zero-order valence-corrected chi connectivity index (χ0v) is 26.3. The molecule has 41 heavy (non-hydrogen) atoms. The summed E-state index contributed by atoms with van der Waals surface area (Å²) >= 11 is 25.6. The summed E-state index contributed by atoms with van der Waals surface area (Å²) in [4.78, 5) is 31.4. The minimum absolute atomic E-state index is 0.186. The molecule has 1 atom stereocenters. The Kier molecular flexibility index (Phi) is 10.2. The Hall–Kier alpha value is -2.78. The van der Waals surface area contributed by atoms with Crippen LogP contribution in [0.1, 0.15) is 27.7 Å². The fraction of sp³-hybridized carbons (Fsp3) is 0.379. The number of likely N-dealkylation sites (N-methyl/N-ethyl adjacent to an activating group) is 1. The molecule has 2 aliphatic heterocycles. The molecule has 0 fully saturated rings. The SMILES string of the molecule is CCN1/C(=C/C=C/C2N(CC)c3cc(Cl)c(Cl)cc3N2CCOC(C)=O)N(CCOC(C)=O)c2cc(Cl)c(Cl)cc21. The summed E-state index contributed by atoms with van der Waals surface area (Å²) in [5.74, 6) is 0.212. The number of ether oxygens (including phenoxy) is 2. The second kappa shape index (κ2) is 13.5. The molecule has 0 bridgehead atoms. The third-order valence-electron chi connectivity index (χ3n) is 6.87. The lowest BCUT2D eigenvalue weighted by molar-refractivity contribution is -0.141. The van der Waals surface area contributed by atoms with Crippen LogP contribution in [0.4, 0.5) is 22.7 Å². The second-order valence-electron chi connectivity index (χ2n) is 9.39. The molecule has 0 aromatic heterocycles. The summed E-state index contributed by atoms with van der Waals surface area (Å²) in [6, 6.07) is 7.39. The predicted octanol–water partition coefficient (Wildman–Crippen LogP) is 7.14. The molecule has 220 valence electrons. The van der Waals surface area contributed by atoms with E-state index in [1.165, 1.54) is 13.8 Å². The van der Waals surface area contributed by atoms with Crippen LogP contribution in [0, 0.1) is 0 Å². The molecule has 2 aliphatic rings. The molecule has 0 N–H and O–H groups in total. The minimum atomic E-state index is -0.342. The molecular formula is C29H32Cl4N4O4. The van der Waals surface area contributed by atoms with Crippen LogP contribution < -0.4 is 19.6 Å². The van der Waals surface area contributed by atoms with Crippen molar-refractivity contribution >= 4 is 81.1 Å². The third-order valence-corrected chi connectivity index (χ3v) is 8.31. The van der Waals surface area contributed by atoms with Crippen molar-refractivity contribution in [2.24, 2.45) is 0 Å². The van der Waals surface area contributed by atoms with E-state index in [1.54, 1.807) is 0 Å². The van der Waals surface area contributed by atoms with Crippen LogP contribution in [0.15, 0.2) is 48.3 Å². The van der Waals surface area contributed by atoms with Crippen molar-refractivity contribution in [3.05, 3.63) is 68.4 Å². The number of rotatable bonds is 10. The Morgan fingerprint density at radius 1 is 0.732 bits per heavy atom. The normalized spacial score (nSPS) is 17.1. The van der Waals surface area contributed by atoms with Gasteiger partial charge >= 0.3 is 11.9 Å². The summed E-state index contributed by atoms with van der Waals surface area (Å²) in [6.07, 6.45) is 5.90. The van der Waals surface area contributed by atoms with Crippen molar-refractivity contribution in [3.63, 3.8) is 0 Å². The molecule has 0 radical (unpaired) electrons. The standard InChI is InChI=1S/C29H32Cl4N4O4/c1-5-34-24-14-20(30)22(32)16-26(24)36(10-12-40-18(3)38)28(34)8-7-9-29-35(6-2)25-15-21(31)23(33)17-27(25)37(29)11-13-41-19(4)39/h7-9,14-17,28H,5-6,10-13H2,1-4H3/b8-7+,29-9-. The lowest BCUT2D eigenvalue weighted by Gasteiger charge is -2.30. The van der Waals surface area contributed by atoms with E-state index in [-0.39, 0.29) is 31.3 Å². The monoisotopic (exact) mass is 640 g/mol. The summed E-state index contributed by atoms with van der Waals surface area (Å²) in [5.41, 5.74) is 3.65. The van der Waals surface area contributed by atoms with Gasteiger partial charge in [0.25, 0.3) is 0 Å². The number of fused-ring (bicyclic) bond motifs is 2. The van der Waals surface area contributed by atoms with Crippen LogP contribution in [0.5, 0.6) is 0 Å². The van der Waals surface area contributed by atoms with Gasteiger partial charge in [-0.1, -0.05) is 52.5 Å². The van der Waals surface area contributed by atoms with Crippen molar-refractivity contribution < 1.29 is 19.1 Å². The van der Waals surface area contributed by atoms with Gasteiger partial charge in [0.1, 0.15) is 25.2 Å². The summed E-state index contributed by atoms with van der Waals surface area (Å²) in [6.45, 7) is 9.61. The summed E-state index contributed by atoms with van der Waals surface area (Å²) in [7, 11) is 0. The van der Waals surface area contributed by atoms with Gasteiger partial charge in [-0.05, 0) is 50.3 Å². The van der Waals surface area contributed by atoms with Gasteiger partial charge in [-0.15, -0.1) is 0 Å². The number of esters is 2. The number of hydrogen-bond acceptors (Lipinski definition) is 8. The van der Waals surface area contributed by atoms with E-state index >= 15 is 0 Å². The van der Waals surface area contributed by atoms with Crippen LogP contribution in [-0.4, -0.2) is 57.5 Å². The highest BCUT2D eigenvalue weighted by Gasteiger charge is 2.35. The fourth-order valence-corrected chi connectivity index (χ4v) is 5.80. The number of nitrogens with zero attached hydrogens (tertiary/aromatic N) is 4. The Morgan fingerprint density at radius 2 is 1.22 bits per heavy atom. The molecule has 0 saturated carbocycles. The van der Waals surface area contributed by atoms with E-state index < -0.39 is 0 Å². The van der Waals surface area contributed by atoms with Gasteiger partial charge in [0.05, 0.1) is 55.9 Å². The van der Waals surface area contributed by atoms with E-state index in [4.69, 9.17) is 55.9 Å². The third kappa shape index (κ3) is 6.67. The number of hydrogen-bond donors (Lipinski definition) is 0. The molecule has 0 aliphatic carbocycles. The van der Waals surface area contributed by atoms with Crippen molar-refractivity contribution in [1.29, 1.82) is 0 Å². The smallest absolute Gasteiger partial charge is 0.302 e. The zero-order valence-electron chi connectivity index (χ0n) is 23.3. The average Bonchev–Trinajstić information content (AvgIpc) is 3.34. The minimum Gasteiger partial charge on any atom is -0.464 e. The molecule has 4 rings (SSSR count). The molecular weight excluding hydrogens is 610 g/mol. The summed E-state index contributed by atoms with van der Waals surface area (Å²) in [5, 5.41) is 1.83. The number of halogens is 4. The highest BCUT2D eigenvalue weighted by atomic mass is 35.5. The van der Waals surface area contributed by atoms with Gasteiger partial charge in [0, 0.05) is 26.9 Å². The largest absolute Gasteiger partial charge is 0.464 e. The maximum absolute atomic E-state index is 11.5. The van der Waals surface area contributed by atoms with Crippen LogP contribution in [0.3, 0.4) is 0 Å². The van der Waals surface area contributed by atoms with Crippen LogP contribution in [0.2, 0.25) is 20.1 Å². The quantitative estimate of drug-likeness (QED) is 0.254. The molecule has 0 saturated heterocycles. The highest BCUT2D eigenvalue weighted by Crippen LogP contribution is 2.46. The summed E-state index contributed by atoms with van der Waals surface area (Å²) < 4.78 is 10.5. The van der Waals surface area contributed by atoms with Gasteiger partial charge in [0.15, 0.2) is 0 Å². The van der Waals surface area contributed by atoms with Crippen molar-refractivity contribution in [1.82, 2.24) is 0 Å². The van der Waals surface area contributed by atoms with E-state index in [9.17, 15) is 9.59 Å². The number of carbonyl (C=O) groups excluding carboxylic acids is 2. The Labute approximate surface area is 260 Å². The van der Waals surface area contributed by atoms with Crippen LogP contribution >= 0.6 is 46.4 Å². The fourth-order valence-electron chi connectivity index (χ4n) is 5.16. The number of anilines is 4. The maximum Gasteiger partial charge on any atom is 0.302 e. The highest BCUT2D eigenvalue weighted by molar-refractivity contribution is 6.43. The van der Waals surface area contributed by atoms with E-state index in [0.717, 1.165) is 28.6 Å². The number of carbonyl (C=O) groups is 2. The van der Waals surface area contributed by atoms with Gasteiger partial charge in [-0.2, -0.15) is 0 Å². The first-order valence-electron chi connectivity index (χ1n) is 13.3. The van der Waals surface area contributed by atoms with Crippen LogP contribution in [0.25, 0.3) is 0 Å². The topological polar surface area (TPSA) is 65.6 Å². The van der Waals surface area contributed by atoms with Gasteiger partial charge in [0.2, 0.25) is 0 Å². The maximum atomic E-state index is 11.5. The first-order valence-corrected chi connectivity index (χ1v) is 14.8. The average molecular weight is 642 g/mol. The van der Waals surface area contributed by atoms with Gasteiger partial charge in [-0.25, -0.2) is 0 Å². The van der Waals surface area contributed by atoms with Crippen molar-refractivity contribution in [2.75, 3.05) is 59.0 Å². The molecule has 2 heterocycles. The molecule has 1 unspecified atom stereocenters. The van der Waals surface area contributed by atoms with E-state index in [0.29, 0.717) is 46.3 Å². The lowest BCUT2D eigenvalue weighted by atomic mass is 10.2. The first-order chi connectivity index (χ1) is 19.6. The molecule has 8 nitrogen and oxygen atoms in total. The van der Waals surface area contributed by atoms with Gasteiger partial charge < -0.3 is 29.1 Å². The Bertz CT molecular complexity index is 1380. The molecule has 0 spiro atoms. The second-order valence-corrected chi connectivity index (χ2v) is 11.0. The van der Waals surface area contributed by atoms with Crippen molar-refractivity contribution in [2.45, 2.75) is 33.9 Å². The van der Waals surface area contributed by atoms with Crippen LogP contribution in [-0.2, 0) is 19.1 Å². The van der Waals surface area contributed by atoms with Crippen molar-refractivity contribution in [3.8, 4) is 0 Å². The van der Waals surface area contributed by atoms with E-state index in [1.807, 2.05) is 36.4 Å². The Balaban J connectivity index is 1.70. The van der Waals surface area contributed by atoms with E-state index in [2.05, 4.69) is 39.5 Å². The molecule has 0 amide bonds. The van der Waals surface area contributed by atoms with Gasteiger partial charge in [-0.3, -0.25) is 9.59 Å². The predicted molar refractivity (Wildman–Crippen MR) is 168 cm³/mol.